The summed E-state index contributed by atoms with van der Waals surface area (Å²) in [6.07, 6.45) is 9.89. The number of nitrogens with zero attached hydrogens (tertiary/aromatic N) is 1. The van der Waals surface area contributed by atoms with Crippen molar-refractivity contribution in [1.82, 2.24) is 10.2 Å². The Balaban J connectivity index is 0.000000342. The van der Waals surface area contributed by atoms with E-state index < -0.39 is 0 Å². The number of amides is 1. The second-order valence-electron chi connectivity index (χ2n) is 6.59. The van der Waals surface area contributed by atoms with Crippen LogP contribution in [-0.4, -0.2) is 38.1 Å². The zero-order valence-electron chi connectivity index (χ0n) is 16.9. The topological polar surface area (TPSA) is 41.6 Å². The molecule has 0 atom stereocenters. The molecule has 0 aromatic heterocycles. The molecule has 142 valence electrons. The van der Waals surface area contributed by atoms with Crippen LogP contribution < -0.4 is 10.1 Å². The van der Waals surface area contributed by atoms with Crippen molar-refractivity contribution < 1.29 is 9.53 Å². The third kappa shape index (κ3) is 4.85. The molecule has 2 saturated heterocycles. The Morgan fingerprint density at radius 2 is 1.85 bits per heavy atom. The number of carbonyl (C=O) groups is 1. The minimum Gasteiger partial charge on any atom is -0.522 e. The summed E-state index contributed by atoms with van der Waals surface area (Å²) in [6, 6.07) is 10.2. The van der Waals surface area contributed by atoms with Gasteiger partial charge in [0.15, 0.2) is 0 Å². The quantitative estimate of drug-likeness (QED) is 0.513. The molecule has 5 heteroatoms. The number of carbonyl (C=O) groups excluding carboxylic acids is 1. The first-order valence-electron chi connectivity index (χ1n) is 9.07. The van der Waals surface area contributed by atoms with Gasteiger partial charge in [-0.05, 0) is 58.5 Å². The summed E-state index contributed by atoms with van der Waals surface area (Å²) in [5.74, 6) is 1.06. The number of nitrogens with one attached hydrogen (secondary N) is 1. The van der Waals surface area contributed by atoms with E-state index in [4.69, 9.17) is 4.74 Å². The van der Waals surface area contributed by atoms with Crippen molar-refractivity contribution in [3.63, 3.8) is 0 Å². The molecule has 2 heterocycles. The predicted octanol–water partition coefficient (Wildman–Crippen LogP) is 3.73. The van der Waals surface area contributed by atoms with E-state index in [1.807, 2.05) is 56.3 Å². The van der Waals surface area contributed by atoms with Crippen LogP contribution in [0.25, 0.3) is 0 Å². The maximum atomic E-state index is 12.4. The second kappa shape index (κ2) is 9.97. The van der Waals surface area contributed by atoms with Gasteiger partial charge in [-0.25, -0.2) is 0 Å². The van der Waals surface area contributed by atoms with Crippen LogP contribution in [0.2, 0.25) is 0 Å². The second-order valence-corrected chi connectivity index (χ2v) is 6.59. The molecule has 1 amide bonds. The van der Waals surface area contributed by atoms with Crippen LogP contribution in [-0.2, 0) is 4.79 Å². The summed E-state index contributed by atoms with van der Waals surface area (Å²) in [5.41, 5.74) is 1.87. The number of likely N-dealkylation sites (tertiary alicyclic amines) is 1. The summed E-state index contributed by atoms with van der Waals surface area (Å²) >= 11 is 0. The largest absolute Gasteiger partial charge is 0.522 e. The van der Waals surface area contributed by atoms with E-state index in [2.05, 4.69) is 29.4 Å². The summed E-state index contributed by atoms with van der Waals surface area (Å²) in [7, 11) is 3.76. The molecule has 3 rings (SSSR count). The van der Waals surface area contributed by atoms with Crippen molar-refractivity contribution in [2.24, 2.45) is 5.41 Å². The van der Waals surface area contributed by atoms with Gasteiger partial charge in [0.1, 0.15) is 0 Å². The summed E-state index contributed by atoms with van der Waals surface area (Å²) in [6.45, 7) is 5.98. The number of rotatable bonds is 2. The molecule has 0 radical (unpaired) electrons. The van der Waals surface area contributed by atoms with Gasteiger partial charge in [-0.2, -0.15) is 18.2 Å². The monoisotopic (exact) mass is 620 g/mol. The smallest absolute Gasteiger partial charge is 0.235 e. The van der Waals surface area contributed by atoms with Gasteiger partial charge in [-0.1, -0.05) is 18.2 Å². The first-order chi connectivity index (χ1) is 12.6. The number of hydrogen-bond acceptors (Lipinski definition) is 3. The van der Waals surface area contributed by atoms with Crippen molar-refractivity contribution in [2.75, 3.05) is 27.2 Å². The molecule has 4 nitrogen and oxygen atoms in total. The average molecular weight is 620 g/mol. The van der Waals surface area contributed by atoms with Crippen LogP contribution in [0.1, 0.15) is 26.7 Å². The summed E-state index contributed by atoms with van der Waals surface area (Å²) in [5, 5.41) is 3.05. The molecule has 0 bridgehead atoms. The van der Waals surface area contributed by atoms with Gasteiger partial charge in [0.05, 0.1) is 12.5 Å². The van der Waals surface area contributed by atoms with Crippen LogP contribution >= 0.6 is 0 Å². The molecular formula is C22H29N2O2Rf-. The Bertz CT molecular complexity index is 688. The van der Waals surface area contributed by atoms with Crippen molar-refractivity contribution in [1.29, 1.82) is 0 Å². The Morgan fingerprint density at radius 1 is 1.22 bits per heavy atom. The van der Waals surface area contributed by atoms with Crippen LogP contribution in [0, 0.1) is 11.5 Å². The van der Waals surface area contributed by atoms with E-state index in [0.29, 0.717) is 0 Å². The fourth-order valence-electron chi connectivity index (χ4n) is 3.45. The molecule has 0 unspecified atom stereocenters. The Labute approximate surface area is 157 Å². The maximum Gasteiger partial charge on any atom is 0.235 e. The van der Waals surface area contributed by atoms with Crippen LogP contribution in [0.5, 0.6) is 5.75 Å². The number of allylic oxidation sites excluding steroid dienone is 5. The van der Waals surface area contributed by atoms with Crippen molar-refractivity contribution >= 4 is 5.91 Å². The minimum absolute atomic E-state index is 0. The van der Waals surface area contributed by atoms with E-state index in [-0.39, 0.29) is 11.3 Å². The molecule has 0 saturated carbocycles. The number of ether oxygens (including phenoxy) is 1. The Morgan fingerprint density at radius 3 is 2.33 bits per heavy atom. The third-order valence-corrected chi connectivity index (χ3v) is 5.00. The molecule has 1 aromatic carbocycles. The Kier molecular flexibility index (Phi) is 8.02. The van der Waals surface area contributed by atoms with Gasteiger partial charge in [0.25, 0.3) is 0 Å². The minimum atomic E-state index is -0.283. The van der Waals surface area contributed by atoms with Crippen molar-refractivity contribution in [3.8, 4) is 5.75 Å². The fraction of sp³-hybridized carbons (Fsp3) is 0.409. The van der Waals surface area contributed by atoms with E-state index in [0.717, 1.165) is 37.4 Å². The summed E-state index contributed by atoms with van der Waals surface area (Å²) in [4.78, 5) is 14.7. The third-order valence-electron chi connectivity index (χ3n) is 5.00. The SMILES string of the molecule is COc1cc[c-]cc1.C\C=C/C=C1/NC(=O)C2(CCN(C)CC2)/C1=C/C.[Rf]. The first kappa shape index (κ1) is 21.7. The number of hydrogen-bond donors (Lipinski definition) is 1. The standard InChI is InChI=1S/C15H22N2O.C7H7O.Rf/c1-4-6-7-13-12(5-2)15(14(18)16-13)8-10-17(3)11-9-15;1-8-7-5-3-2-4-6-7;/h4-7H,8-11H2,1-3H3,(H,16,18);3-6H,1H3;/q;-1;/b6-4-,12-5+,13-7+;;. The molecule has 0 aliphatic carbocycles. The maximum absolute atomic E-state index is 12.4. The zero-order chi connectivity index (χ0) is 19.0. The van der Waals surface area contributed by atoms with Crippen molar-refractivity contribution in [2.45, 2.75) is 26.7 Å². The normalized spacial score (nSPS) is 21.7. The molecule has 1 spiro atoms. The molecule has 1 N–H and O–H groups in total. The Hall–Kier alpha value is -3.33. The van der Waals surface area contributed by atoms with Gasteiger partial charge in [-0.3, -0.25) is 4.79 Å². The number of methoxy groups -OCH3 is 1. The number of piperidine rings is 1. The van der Waals surface area contributed by atoms with E-state index in [1.54, 1.807) is 7.11 Å². The molecule has 27 heavy (non-hydrogen) atoms. The molecule has 2 aliphatic heterocycles. The van der Waals surface area contributed by atoms with Gasteiger partial charge in [0, 0.05) is 11.4 Å². The van der Waals surface area contributed by atoms with Gasteiger partial charge >= 0.3 is 0 Å². The van der Waals surface area contributed by atoms with Crippen LogP contribution in [0.3, 0.4) is 0 Å². The zero-order valence-corrected chi connectivity index (χ0v) is 23.3. The van der Waals surface area contributed by atoms with Crippen molar-refractivity contribution in [3.05, 3.63) is 65.9 Å². The predicted molar refractivity (Wildman–Crippen MR) is 106 cm³/mol. The first-order valence-corrected chi connectivity index (χ1v) is 9.07. The molecule has 2 fully saturated rings. The molecule has 1 aromatic rings. The fourth-order valence-corrected chi connectivity index (χ4v) is 3.45. The van der Waals surface area contributed by atoms with Crippen LogP contribution in [0.4, 0.5) is 0 Å². The van der Waals surface area contributed by atoms with Gasteiger partial charge < -0.3 is 15.0 Å². The average Bonchev–Trinajstić information content (AvgIpc) is 2.94. The van der Waals surface area contributed by atoms with Gasteiger partial charge in [-0.15, -0.1) is 12.1 Å². The molecule has 2 aliphatic rings. The van der Waals surface area contributed by atoms with Crippen LogP contribution in [0.15, 0.2) is 59.8 Å². The van der Waals surface area contributed by atoms with E-state index in [1.165, 1.54) is 5.57 Å². The van der Waals surface area contributed by atoms with Gasteiger partial charge in [0.2, 0.25) is 5.91 Å². The summed E-state index contributed by atoms with van der Waals surface area (Å²) < 4.78 is 4.89. The van der Waals surface area contributed by atoms with E-state index >= 15 is 0 Å². The molecular weight excluding hydrogens is 591 g/mol. The van der Waals surface area contributed by atoms with E-state index in [9.17, 15) is 4.79 Å². The number of benzene rings is 1.